The number of aromatic hydroxyl groups is 1. The summed E-state index contributed by atoms with van der Waals surface area (Å²) in [4.78, 5) is 16.8. The molecule has 0 aliphatic carbocycles. The fraction of sp³-hybridized carbons (Fsp3) is 0.158. The van der Waals surface area contributed by atoms with Gasteiger partial charge in [0.25, 0.3) is 5.91 Å². The number of phenolic OH excluding ortho intramolecular Hbond substituents is 1. The van der Waals surface area contributed by atoms with E-state index in [1.165, 1.54) is 11.8 Å². The van der Waals surface area contributed by atoms with Crippen LogP contribution in [0.2, 0.25) is 5.02 Å². The molecule has 0 saturated carbocycles. The number of hydrogen-bond acceptors (Lipinski definition) is 4. The Bertz CT molecular complexity index is 888. The fourth-order valence-electron chi connectivity index (χ4n) is 2.32. The molecule has 2 aromatic rings. The number of carbonyl (C=O) groups excluding carboxylic acids is 1. The van der Waals surface area contributed by atoms with Crippen molar-refractivity contribution in [3.63, 3.8) is 0 Å². The lowest BCUT2D eigenvalue weighted by molar-refractivity contribution is -0.113. The first-order chi connectivity index (χ1) is 12.0. The molecule has 3 rings (SSSR count). The molecule has 6 heteroatoms. The van der Waals surface area contributed by atoms with Gasteiger partial charge in [-0.3, -0.25) is 4.79 Å². The number of aliphatic imine (C=N–C) groups is 1. The van der Waals surface area contributed by atoms with Crippen LogP contribution in [0.4, 0.5) is 0 Å². The van der Waals surface area contributed by atoms with Crippen molar-refractivity contribution >= 4 is 40.4 Å². The largest absolute Gasteiger partial charge is 0.503 e. The van der Waals surface area contributed by atoms with Gasteiger partial charge >= 0.3 is 0 Å². The molecule has 1 amide bonds. The number of rotatable bonds is 4. The molecule has 0 bridgehead atoms. The van der Waals surface area contributed by atoms with Crippen LogP contribution in [0.3, 0.4) is 0 Å². The summed E-state index contributed by atoms with van der Waals surface area (Å²) in [5, 5.41) is 10.8. The quantitative estimate of drug-likeness (QED) is 0.781. The molecule has 0 atom stereocenters. The van der Waals surface area contributed by atoms with Crippen LogP contribution in [0.25, 0.3) is 6.08 Å². The maximum absolute atomic E-state index is 12.2. The molecule has 1 heterocycles. The maximum Gasteiger partial charge on any atom is 0.284 e. The Balaban J connectivity index is 1.88. The van der Waals surface area contributed by atoms with E-state index >= 15 is 0 Å². The molecule has 4 nitrogen and oxygen atoms in total. The monoisotopic (exact) mass is 373 g/mol. The summed E-state index contributed by atoms with van der Waals surface area (Å²) in [6.45, 7) is 4.23. The summed E-state index contributed by atoms with van der Waals surface area (Å²) >= 11 is 7.35. The zero-order valence-corrected chi connectivity index (χ0v) is 15.3. The highest BCUT2D eigenvalue weighted by atomic mass is 35.5. The van der Waals surface area contributed by atoms with E-state index in [0.717, 1.165) is 11.1 Å². The minimum Gasteiger partial charge on any atom is -0.503 e. The van der Waals surface area contributed by atoms with E-state index in [2.05, 4.69) is 4.99 Å². The van der Waals surface area contributed by atoms with Crippen molar-refractivity contribution in [2.75, 3.05) is 6.61 Å². The summed E-state index contributed by atoms with van der Waals surface area (Å²) in [6.07, 6.45) is 1.70. The Morgan fingerprint density at radius 1 is 1.28 bits per heavy atom. The van der Waals surface area contributed by atoms with E-state index < -0.39 is 0 Å². The Hall–Kier alpha value is -2.24. The molecule has 0 fully saturated rings. The maximum atomic E-state index is 12.2. The van der Waals surface area contributed by atoms with E-state index in [4.69, 9.17) is 16.3 Å². The number of nitrogens with zero attached hydrogens (tertiary/aromatic N) is 1. The molecule has 1 N–H and O–H groups in total. The molecular weight excluding hydrogens is 358 g/mol. The number of amides is 1. The van der Waals surface area contributed by atoms with Gasteiger partial charge < -0.3 is 9.84 Å². The molecule has 25 heavy (non-hydrogen) atoms. The summed E-state index contributed by atoms with van der Waals surface area (Å²) in [7, 11) is 0. The van der Waals surface area contributed by atoms with Crippen molar-refractivity contribution < 1.29 is 14.6 Å². The third-order valence-corrected chi connectivity index (χ3v) is 4.89. The number of aryl methyl sites for hydroxylation is 1. The number of carbonyl (C=O) groups is 1. The van der Waals surface area contributed by atoms with E-state index in [-0.39, 0.29) is 22.4 Å². The molecule has 2 aromatic carbocycles. The van der Waals surface area contributed by atoms with Crippen LogP contribution in [0.1, 0.15) is 23.6 Å². The fourth-order valence-corrected chi connectivity index (χ4v) is 3.46. The van der Waals surface area contributed by atoms with Crippen molar-refractivity contribution in [2.45, 2.75) is 13.8 Å². The normalized spacial score (nSPS) is 15.6. The molecule has 0 unspecified atom stereocenters. The Labute approximate surface area is 155 Å². The van der Waals surface area contributed by atoms with Crippen LogP contribution in [0, 0.1) is 6.92 Å². The smallest absolute Gasteiger partial charge is 0.284 e. The van der Waals surface area contributed by atoms with E-state index in [9.17, 15) is 9.90 Å². The number of ether oxygens (including phenoxy) is 1. The molecule has 0 aromatic heterocycles. The predicted octanol–water partition coefficient (Wildman–Crippen LogP) is 4.81. The molecule has 1 aliphatic rings. The minimum absolute atomic E-state index is 0.104. The van der Waals surface area contributed by atoms with Crippen LogP contribution in [-0.4, -0.2) is 22.7 Å². The van der Waals surface area contributed by atoms with Gasteiger partial charge in [0.1, 0.15) is 5.04 Å². The zero-order valence-electron chi connectivity index (χ0n) is 13.7. The van der Waals surface area contributed by atoms with Gasteiger partial charge in [-0.15, -0.1) is 0 Å². The Morgan fingerprint density at radius 3 is 2.68 bits per heavy atom. The molecule has 1 aliphatic heterocycles. The van der Waals surface area contributed by atoms with Gasteiger partial charge in [-0.05, 0) is 37.6 Å². The average Bonchev–Trinajstić information content (AvgIpc) is 2.94. The van der Waals surface area contributed by atoms with Crippen molar-refractivity contribution in [2.24, 2.45) is 4.99 Å². The second-order valence-electron chi connectivity index (χ2n) is 5.48. The lowest BCUT2D eigenvalue weighted by Gasteiger charge is -2.08. The molecule has 0 spiro atoms. The van der Waals surface area contributed by atoms with Crippen LogP contribution >= 0.6 is 23.4 Å². The number of phenols is 1. The summed E-state index contributed by atoms with van der Waals surface area (Å²) in [6, 6.07) is 11.1. The van der Waals surface area contributed by atoms with Crippen LogP contribution < -0.4 is 4.74 Å². The molecule has 0 saturated heterocycles. The van der Waals surface area contributed by atoms with Gasteiger partial charge in [0.05, 0.1) is 16.5 Å². The van der Waals surface area contributed by atoms with Crippen LogP contribution in [-0.2, 0) is 4.79 Å². The van der Waals surface area contributed by atoms with E-state index in [0.29, 0.717) is 22.1 Å². The van der Waals surface area contributed by atoms with Gasteiger partial charge in [0.2, 0.25) is 0 Å². The Morgan fingerprint density at radius 2 is 2.00 bits per heavy atom. The topological polar surface area (TPSA) is 58.9 Å². The second-order valence-corrected chi connectivity index (χ2v) is 6.92. The van der Waals surface area contributed by atoms with Crippen LogP contribution in [0.15, 0.2) is 46.3 Å². The van der Waals surface area contributed by atoms with Gasteiger partial charge in [-0.1, -0.05) is 53.2 Å². The van der Waals surface area contributed by atoms with Gasteiger partial charge in [0, 0.05) is 5.56 Å². The van der Waals surface area contributed by atoms with Crippen molar-refractivity contribution in [3.05, 3.63) is 63.0 Å². The van der Waals surface area contributed by atoms with E-state index in [1.54, 1.807) is 18.2 Å². The van der Waals surface area contributed by atoms with E-state index in [1.807, 2.05) is 38.1 Å². The lowest BCUT2D eigenvalue weighted by Crippen LogP contribution is -1.93. The zero-order chi connectivity index (χ0) is 18.0. The van der Waals surface area contributed by atoms with Crippen molar-refractivity contribution in [1.82, 2.24) is 0 Å². The van der Waals surface area contributed by atoms with Crippen LogP contribution in [0.5, 0.6) is 11.5 Å². The standard InChI is InChI=1S/C19H16ClNO3S/c1-3-24-15-9-12(8-14(20)17(15)22)10-16-18(23)21-19(25-16)13-6-4-11(2)5-7-13/h4-10,22H,3H2,1-2H3. The van der Waals surface area contributed by atoms with Crippen molar-refractivity contribution in [3.8, 4) is 11.5 Å². The number of hydrogen-bond donors (Lipinski definition) is 1. The summed E-state index contributed by atoms with van der Waals surface area (Å²) < 4.78 is 5.37. The highest BCUT2D eigenvalue weighted by Gasteiger charge is 2.23. The molecule has 128 valence electrons. The third-order valence-electron chi connectivity index (χ3n) is 3.57. The van der Waals surface area contributed by atoms with Gasteiger partial charge in [-0.25, -0.2) is 4.99 Å². The summed E-state index contributed by atoms with van der Waals surface area (Å²) in [5.74, 6) is -0.104. The molecule has 0 radical (unpaired) electrons. The van der Waals surface area contributed by atoms with Gasteiger partial charge in [-0.2, -0.15) is 0 Å². The summed E-state index contributed by atoms with van der Waals surface area (Å²) in [5.41, 5.74) is 2.73. The van der Waals surface area contributed by atoms with Gasteiger partial charge in [0.15, 0.2) is 11.5 Å². The first-order valence-electron chi connectivity index (χ1n) is 7.73. The SMILES string of the molecule is CCOc1cc(C=C2SC(c3ccc(C)cc3)=NC2=O)cc(Cl)c1O. The highest BCUT2D eigenvalue weighted by molar-refractivity contribution is 8.19. The average molecular weight is 374 g/mol. The second kappa shape index (κ2) is 7.33. The number of benzene rings is 2. The van der Waals surface area contributed by atoms with Crippen molar-refractivity contribution in [1.29, 1.82) is 0 Å². The first-order valence-corrected chi connectivity index (χ1v) is 8.92. The number of thioether (sulfide) groups is 1. The lowest BCUT2D eigenvalue weighted by atomic mass is 10.2. The minimum atomic E-state index is -0.289. The highest BCUT2D eigenvalue weighted by Crippen LogP contribution is 2.38. The number of halogens is 1. The predicted molar refractivity (Wildman–Crippen MR) is 103 cm³/mol. The Kier molecular flexibility index (Phi) is 5.16. The third kappa shape index (κ3) is 3.89. The molecular formula is C19H16ClNO3S. The first kappa shape index (κ1) is 17.6.